The number of hydrogen-bond acceptors (Lipinski definition) is 3. The first-order valence-corrected chi connectivity index (χ1v) is 4.32. The van der Waals surface area contributed by atoms with E-state index in [0.717, 1.165) is 12.1 Å². The SMILES string of the molecule is NC1CCN(c2cn[nH]c2)C(=O)C1. The van der Waals surface area contributed by atoms with Crippen molar-refractivity contribution >= 4 is 11.6 Å². The predicted octanol–water partition coefficient (Wildman–Crippen LogP) is -0.136. The van der Waals surface area contributed by atoms with Gasteiger partial charge < -0.3 is 10.6 Å². The summed E-state index contributed by atoms with van der Waals surface area (Å²) >= 11 is 0. The lowest BCUT2D eigenvalue weighted by molar-refractivity contribution is -0.119. The molecule has 2 rings (SSSR count). The highest BCUT2D eigenvalue weighted by Gasteiger charge is 2.24. The molecule has 1 aromatic heterocycles. The van der Waals surface area contributed by atoms with Crippen molar-refractivity contribution < 1.29 is 4.79 Å². The molecule has 0 radical (unpaired) electrons. The maximum absolute atomic E-state index is 11.5. The Morgan fingerprint density at radius 2 is 2.54 bits per heavy atom. The lowest BCUT2D eigenvalue weighted by Crippen LogP contribution is -2.43. The highest BCUT2D eigenvalue weighted by Crippen LogP contribution is 2.18. The molecule has 2 heterocycles. The van der Waals surface area contributed by atoms with Gasteiger partial charge in [-0.05, 0) is 6.42 Å². The number of nitrogens with one attached hydrogen (secondary N) is 1. The summed E-state index contributed by atoms with van der Waals surface area (Å²) in [5, 5.41) is 6.48. The van der Waals surface area contributed by atoms with Crippen LogP contribution in [0.1, 0.15) is 12.8 Å². The van der Waals surface area contributed by atoms with Crippen LogP contribution in [-0.2, 0) is 4.79 Å². The van der Waals surface area contributed by atoms with Crippen molar-refractivity contribution in [2.75, 3.05) is 11.4 Å². The van der Waals surface area contributed by atoms with Crippen molar-refractivity contribution in [1.82, 2.24) is 10.2 Å². The van der Waals surface area contributed by atoms with Gasteiger partial charge in [0.15, 0.2) is 0 Å². The molecule has 0 spiro atoms. The molecule has 1 aliphatic heterocycles. The van der Waals surface area contributed by atoms with Crippen LogP contribution in [0, 0.1) is 0 Å². The largest absolute Gasteiger partial charge is 0.327 e. The number of hydrogen-bond donors (Lipinski definition) is 2. The monoisotopic (exact) mass is 180 g/mol. The lowest BCUT2D eigenvalue weighted by atomic mass is 10.1. The fourth-order valence-electron chi connectivity index (χ4n) is 1.52. The molecule has 1 atom stereocenters. The van der Waals surface area contributed by atoms with Crippen molar-refractivity contribution in [2.24, 2.45) is 5.73 Å². The average Bonchev–Trinajstić information content (AvgIpc) is 2.56. The summed E-state index contributed by atoms with van der Waals surface area (Å²) in [6, 6.07) is 0.0238. The van der Waals surface area contributed by atoms with Crippen LogP contribution in [-0.4, -0.2) is 28.7 Å². The number of piperidine rings is 1. The summed E-state index contributed by atoms with van der Waals surface area (Å²) in [6.45, 7) is 0.694. The van der Waals surface area contributed by atoms with Gasteiger partial charge in [-0.3, -0.25) is 9.89 Å². The van der Waals surface area contributed by atoms with E-state index in [0.29, 0.717) is 13.0 Å². The van der Waals surface area contributed by atoms with E-state index in [4.69, 9.17) is 5.73 Å². The van der Waals surface area contributed by atoms with Gasteiger partial charge in [-0.2, -0.15) is 5.10 Å². The third kappa shape index (κ3) is 1.55. The highest BCUT2D eigenvalue weighted by molar-refractivity contribution is 5.94. The number of aromatic amines is 1. The standard InChI is InChI=1S/C8H12N4O/c9-6-1-2-12(8(13)3-6)7-4-10-11-5-7/h4-6H,1-3,9H2,(H,10,11). The van der Waals surface area contributed by atoms with Gasteiger partial charge in [0.2, 0.25) is 5.91 Å². The van der Waals surface area contributed by atoms with Gasteiger partial charge in [0.05, 0.1) is 11.9 Å². The molecule has 0 aromatic carbocycles. The van der Waals surface area contributed by atoms with Crippen molar-refractivity contribution in [3.8, 4) is 0 Å². The fraction of sp³-hybridized carbons (Fsp3) is 0.500. The number of nitrogens with zero attached hydrogens (tertiary/aromatic N) is 2. The van der Waals surface area contributed by atoms with Crippen molar-refractivity contribution in [1.29, 1.82) is 0 Å². The van der Waals surface area contributed by atoms with Gasteiger partial charge in [-0.15, -0.1) is 0 Å². The number of rotatable bonds is 1. The Bertz CT molecular complexity index is 295. The van der Waals surface area contributed by atoms with Crippen molar-refractivity contribution in [3.05, 3.63) is 12.4 Å². The first-order chi connectivity index (χ1) is 6.27. The molecule has 5 nitrogen and oxygen atoms in total. The van der Waals surface area contributed by atoms with E-state index in [1.165, 1.54) is 0 Å². The van der Waals surface area contributed by atoms with E-state index in [-0.39, 0.29) is 11.9 Å². The Morgan fingerprint density at radius 1 is 1.69 bits per heavy atom. The molecule has 1 aliphatic rings. The summed E-state index contributed by atoms with van der Waals surface area (Å²) < 4.78 is 0. The van der Waals surface area contributed by atoms with E-state index in [1.807, 2.05) is 0 Å². The molecule has 1 saturated heterocycles. The number of carbonyl (C=O) groups is 1. The minimum absolute atomic E-state index is 0.0238. The van der Waals surface area contributed by atoms with Crippen LogP contribution in [0.15, 0.2) is 12.4 Å². The van der Waals surface area contributed by atoms with Crippen LogP contribution < -0.4 is 10.6 Å². The third-order valence-corrected chi connectivity index (χ3v) is 2.26. The molecule has 5 heteroatoms. The maximum atomic E-state index is 11.5. The van der Waals surface area contributed by atoms with E-state index >= 15 is 0 Å². The number of amides is 1. The zero-order chi connectivity index (χ0) is 9.26. The summed E-state index contributed by atoms with van der Waals surface area (Å²) in [4.78, 5) is 13.2. The Hall–Kier alpha value is -1.36. The molecular formula is C8H12N4O. The third-order valence-electron chi connectivity index (χ3n) is 2.26. The Balaban J connectivity index is 2.13. The summed E-state index contributed by atoms with van der Waals surface area (Å²) in [7, 11) is 0. The molecule has 1 aromatic rings. The van der Waals surface area contributed by atoms with Crippen LogP contribution in [0.3, 0.4) is 0 Å². The highest BCUT2D eigenvalue weighted by atomic mass is 16.2. The normalized spacial score (nSPS) is 23.6. The molecule has 1 amide bonds. The van der Waals surface area contributed by atoms with Crippen LogP contribution in [0.2, 0.25) is 0 Å². The first-order valence-electron chi connectivity index (χ1n) is 4.32. The van der Waals surface area contributed by atoms with Gasteiger partial charge in [0.1, 0.15) is 0 Å². The van der Waals surface area contributed by atoms with E-state index < -0.39 is 0 Å². The lowest BCUT2D eigenvalue weighted by Gasteiger charge is -2.28. The van der Waals surface area contributed by atoms with Crippen LogP contribution >= 0.6 is 0 Å². The van der Waals surface area contributed by atoms with Gasteiger partial charge in [0.25, 0.3) is 0 Å². The first kappa shape index (κ1) is 8.25. The van der Waals surface area contributed by atoms with Gasteiger partial charge >= 0.3 is 0 Å². The number of aromatic nitrogens is 2. The minimum atomic E-state index is 0.0238. The smallest absolute Gasteiger partial charge is 0.228 e. The van der Waals surface area contributed by atoms with E-state index in [2.05, 4.69) is 10.2 Å². The number of H-pyrrole nitrogens is 1. The number of nitrogens with two attached hydrogens (primary N) is 1. The molecule has 70 valence electrons. The fourth-order valence-corrected chi connectivity index (χ4v) is 1.52. The zero-order valence-electron chi connectivity index (χ0n) is 7.23. The van der Waals surface area contributed by atoms with Crippen molar-refractivity contribution in [3.63, 3.8) is 0 Å². The quantitative estimate of drug-likeness (QED) is 0.631. The number of anilines is 1. The van der Waals surface area contributed by atoms with Gasteiger partial charge in [0, 0.05) is 25.2 Å². The molecule has 0 bridgehead atoms. The molecule has 3 N–H and O–H groups in total. The predicted molar refractivity (Wildman–Crippen MR) is 48.2 cm³/mol. The van der Waals surface area contributed by atoms with Gasteiger partial charge in [-0.25, -0.2) is 0 Å². The molecule has 0 saturated carbocycles. The Labute approximate surface area is 75.9 Å². The summed E-state index contributed by atoms with van der Waals surface area (Å²) in [6.07, 6.45) is 4.66. The van der Waals surface area contributed by atoms with Crippen LogP contribution in [0.4, 0.5) is 5.69 Å². The molecule has 0 aliphatic carbocycles. The topological polar surface area (TPSA) is 75.0 Å². The minimum Gasteiger partial charge on any atom is -0.327 e. The van der Waals surface area contributed by atoms with Crippen LogP contribution in [0.25, 0.3) is 0 Å². The molecule has 1 unspecified atom stereocenters. The Kier molecular flexibility index (Phi) is 2.02. The Morgan fingerprint density at radius 3 is 3.15 bits per heavy atom. The van der Waals surface area contributed by atoms with E-state index in [1.54, 1.807) is 17.3 Å². The van der Waals surface area contributed by atoms with Crippen LogP contribution in [0.5, 0.6) is 0 Å². The second-order valence-electron chi connectivity index (χ2n) is 3.25. The summed E-state index contributed by atoms with van der Waals surface area (Å²) in [5.41, 5.74) is 6.50. The van der Waals surface area contributed by atoms with Gasteiger partial charge in [-0.1, -0.05) is 0 Å². The molecular weight excluding hydrogens is 168 g/mol. The van der Waals surface area contributed by atoms with Crippen molar-refractivity contribution in [2.45, 2.75) is 18.9 Å². The maximum Gasteiger partial charge on any atom is 0.228 e. The summed E-state index contributed by atoms with van der Waals surface area (Å²) in [5.74, 6) is 0.0835. The number of carbonyl (C=O) groups excluding carboxylic acids is 1. The van der Waals surface area contributed by atoms with E-state index in [9.17, 15) is 4.79 Å². The zero-order valence-corrected chi connectivity index (χ0v) is 7.23. The molecule has 13 heavy (non-hydrogen) atoms. The second kappa shape index (κ2) is 3.18. The average molecular weight is 180 g/mol. The molecule has 1 fully saturated rings. The second-order valence-corrected chi connectivity index (χ2v) is 3.25.